The first kappa shape index (κ1) is 12.5. The van der Waals surface area contributed by atoms with Crippen molar-refractivity contribution in [3.63, 3.8) is 0 Å². The first-order valence-electron chi connectivity index (χ1n) is 6.37. The molecule has 1 aromatic heterocycles. The Kier molecular flexibility index (Phi) is 3.20. The predicted molar refractivity (Wildman–Crippen MR) is 66.3 cm³/mol. The van der Waals surface area contributed by atoms with E-state index in [0.29, 0.717) is 19.7 Å². The fraction of sp³-hybridized carbons (Fsp3) is 0.538. The van der Waals surface area contributed by atoms with Crippen LogP contribution in [0.2, 0.25) is 0 Å². The first-order chi connectivity index (χ1) is 9.16. The smallest absolute Gasteiger partial charge is 0.257 e. The van der Waals surface area contributed by atoms with Crippen molar-refractivity contribution in [3.8, 4) is 0 Å². The molecule has 2 saturated heterocycles. The topological polar surface area (TPSA) is 45.7 Å². The van der Waals surface area contributed by atoms with Crippen LogP contribution in [-0.2, 0) is 4.74 Å². The lowest BCUT2D eigenvalue weighted by Crippen LogP contribution is -2.48. The Morgan fingerprint density at radius 1 is 1.53 bits per heavy atom. The van der Waals surface area contributed by atoms with Gasteiger partial charge in [-0.15, -0.1) is 0 Å². The molecule has 0 aliphatic carbocycles. The number of amides is 1. The van der Waals surface area contributed by atoms with Crippen LogP contribution in [0, 0.1) is 5.82 Å². The Morgan fingerprint density at radius 2 is 2.37 bits per heavy atom. The van der Waals surface area contributed by atoms with Crippen LogP contribution in [0.15, 0.2) is 18.5 Å². The largest absolute Gasteiger partial charge is 0.373 e. The molecule has 0 bridgehead atoms. The molecular weight excluding hydrogens is 249 g/mol. The molecular formula is C13H16FN3O2. The van der Waals surface area contributed by atoms with Crippen molar-refractivity contribution in [1.82, 2.24) is 14.8 Å². The number of aromatic nitrogens is 1. The van der Waals surface area contributed by atoms with Gasteiger partial charge in [-0.2, -0.15) is 0 Å². The lowest BCUT2D eigenvalue weighted by Gasteiger charge is -2.33. The SMILES string of the molecule is CN1CCO[C@H]2CN(C(=O)c3ccncc3F)C[C@H]21. The second kappa shape index (κ2) is 4.86. The van der Waals surface area contributed by atoms with Gasteiger partial charge in [0.2, 0.25) is 0 Å². The highest BCUT2D eigenvalue weighted by molar-refractivity contribution is 5.94. The minimum Gasteiger partial charge on any atom is -0.373 e. The zero-order valence-corrected chi connectivity index (χ0v) is 10.8. The lowest BCUT2D eigenvalue weighted by atomic mass is 10.1. The fourth-order valence-corrected chi connectivity index (χ4v) is 2.74. The highest BCUT2D eigenvalue weighted by Crippen LogP contribution is 2.23. The molecule has 3 heterocycles. The van der Waals surface area contributed by atoms with Gasteiger partial charge in [-0.1, -0.05) is 0 Å². The number of hydrogen-bond acceptors (Lipinski definition) is 4. The van der Waals surface area contributed by atoms with Gasteiger partial charge in [-0.05, 0) is 13.1 Å². The van der Waals surface area contributed by atoms with E-state index >= 15 is 0 Å². The van der Waals surface area contributed by atoms with E-state index in [4.69, 9.17) is 4.74 Å². The molecule has 0 saturated carbocycles. The number of likely N-dealkylation sites (tertiary alicyclic amines) is 1. The highest BCUT2D eigenvalue weighted by Gasteiger charge is 2.40. The summed E-state index contributed by atoms with van der Waals surface area (Å²) in [6.45, 7) is 2.66. The van der Waals surface area contributed by atoms with Crippen LogP contribution in [0.1, 0.15) is 10.4 Å². The number of carbonyl (C=O) groups excluding carboxylic acids is 1. The summed E-state index contributed by atoms with van der Waals surface area (Å²) in [4.78, 5) is 19.8. The van der Waals surface area contributed by atoms with Crippen molar-refractivity contribution in [2.75, 3.05) is 33.3 Å². The van der Waals surface area contributed by atoms with Crippen molar-refractivity contribution < 1.29 is 13.9 Å². The zero-order valence-electron chi connectivity index (χ0n) is 10.8. The number of nitrogens with zero attached hydrogens (tertiary/aromatic N) is 3. The van der Waals surface area contributed by atoms with E-state index in [1.807, 2.05) is 7.05 Å². The van der Waals surface area contributed by atoms with Crippen molar-refractivity contribution in [3.05, 3.63) is 29.8 Å². The van der Waals surface area contributed by atoms with E-state index in [9.17, 15) is 9.18 Å². The number of rotatable bonds is 1. The molecule has 0 radical (unpaired) electrons. The maximum Gasteiger partial charge on any atom is 0.257 e. The molecule has 0 N–H and O–H groups in total. The van der Waals surface area contributed by atoms with E-state index in [0.717, 1.165) is 12.7 Å². The van der Waals surface area contributed by atoms with Gasteiger partial charge in [-0.3, -0.25) is 14.7 Å². The molecule has 19 heavy (non-hydrogen) atoms. The summed E-state index contributed by atoms with van der Waals surface area (Å²) in [5.41, 5.74) is 0.0799. The summed E-state index contributed by atoms with van der Waals surface area (Å²) in [5.74, 6) is -0.858. The summed E-state index contributed by atoms with van der Waals surface area (Å²) in [6, 6.07) is 1.63. The number of hydrogen-bond donors (Lipinski definition) is 0. The van der Waals surface area contributed by atoms with Crippen LogP contribution >= 0.6 is 0 Å². The normalized spacial score (nSPS) is 27.4. The van der Waals surface area contributed by atoms with Crippen molar-refractivity contribution >= 4 is 5.91 Å². The number of morpholine rings is 1. The molecule has 1 amide bonds. The number of ether oxygens (including phenoxy) is 1. The van der Waals surface area contributed by atoms with Crippen LogP contribution in [0.25, 0.3) is 0 Å². The number of fused-ring (bicyclic) bond motifs is 1. The molecule has 2 aliphatic rings. The third-order valence-electron chi connectivity index (χ3n) is 3.87. The van der Waals surface area contributed by atoms with Gasteiger partial charge in [-0.25, -0.2) is 4.39 Å². The molecule has 0 spiro atoms. The monoisotopic (exact) mass is 265 g/mol. The summed E-state index contributed by atoms with van der Waals surface area (Å²) < 4.78 is 19.3. The Balaban J connectivity index is 1.78. The van der Waals surface area contributed by atoms with Gasteiger partial charge in [0.1, 0.15) is 0 Å². The molecule has 2 fully saturated rings. The highest BCUT2D eigenvalue weighted by atomic mass is 19.1. The molecule has 6 heteroatoms. The molecule has 102 valence electrons. The maximum absolute atomic E-state index is 13.6. The van der Waals surface area contributed by atoms with Crippen LogP contribution in [-0.4, -0.2) is 66.1 Å². The maximum atomic E-state index is 13.6. The van der Waals surface area contributed by atoms with Gasteiger partial charge < -0.3 is 9.64 Å². The summed E-state index contributed by atoms with van der Waals surface area (Å²) in [5, 5.41) is 0. The molecule has 0 aromatic carbocycles. The second-order valence-electron chi connectivity index (χ2n) is 5.02. The Bertz CT molecular complexity index is 497. The van der Waals surface area contributed by atoms with E-state index in [1.54, 1.807) is 4.90 Å². The predicted octanol–water partition coefficient (Wildman–Crippen LogP) is 0.376. The average molecular weight is 265 g/mol. The number of carbonyl (C=O) groups is 1. The van der Waals surface area contributed by atoms with Crippen LogP contribution in [0.5, 0.6) is 0 Å². The summed E-state index contributed by atoms with van der Waals surface area (Å²) in [7, 11) is 2.03. The van der Waals surface area contributed by atoms with Gasteiger partial charge in [0.05, 0.1) is 30.5 Å². The molecule has 3 rings (SSSR count). The van der Waals surface area contributed by atoms with E-state index < -0.39 is 5.82 Å². The summed E-state index contributed by atoms with van der Waals surface area (Å²) >= 11 is 0. The Morgan fingerprint density at radius 3 is 3.11 bits per heavy atom. The van der Waals surface area contributed by atoms with Crippen molar-refractivity contribution in [2.24, 2.45) is 0 Å². The van der Waals surface area contributed by atoms with Crippen molar-refractivity contribution in [1.29, 1.82) is 0 Å². The third-order valence-corrected chi connectivity index (χ3v) is 3.87. The molecule has 1 aromatic rings. The van der Waals surface area contributed by atoms with E-state index in [-0.39, 0.29) is 23.6 Å². The van der Waals surface area contributed by atoms with Gasteiger partial charge in [0.25, 0.3) is 5.91 Å². The quantitative estimate of drug-likeness (QED) is 0.736. The zero-order chi connectivity index (χ0) is 13.4. The minimum atomic E-state index is -0.573. The Hall–Kier alpha value is -1.53. The summed E-state index contributed by atoms with van der Waals surface area (Å²) in [6.07, 6.45) is 2.54. The molecule has 0 unspecified atom stereocenters. The lowest BCUT2D eigenvalue weighted by molar-refractivity contribution is -0.0368. The van der Waals surface area contributed by atoms with Gasteiger partial charge in [0, 0.05) is 25.8 Å². The number of pyridine rings is 1. The average Bonchev–Trinajstić information content (AvgIpc) is 2.84. The minimum absolute atomic E-state index is 0.0348. The number of likely N-dealkylation sites (N-methyl/N-ethyl adjacent to an activating group) is 1. The van der Waals surface area contributed by atoms with E-state index in [2.05, 4.69) is 9.88 Å². The fourth-order valence-electron chi connectivity index (χ4n) is 2.74. The number of halogens is 1. The molecule has 2 atom stereocenters. The molecule has 5 nitrogen and oxygen atoms in total. The van der Waals surface area contributed by atoms with Crippen molar-refractivity contribution in [2.45, 2.75) is 12.1 Å². The van der Waals surface area contributed by atoms with Crippen LogP contribution in [0.4, 0.5) is 4.39 Å². The van der Waals surface area contributed by atoms with Crippen LogP contribution < -0.4 is 0 Å². The standard InChI is InChI=1S/C13H16FN3O2/c1-16-4-5-19-12-8-17(7-11(12)16)13(18)9-2-3-15-6-10(9)14/h2-3,6,11-12H,4-5,7-8H2,1H3/t11-,12+/m1/s1. The van der Waals surface area contributed by atoms with Gasteiger partial charge >= 0.3 is 0 Å². The second-order valence-corrected chi connectivity index (χ2v) is 5.02. The molecule has 2 aliphatic heterocycles. The third kappa shape index (κ3) is 2.21. The van der Waals surface area contributed by atoms with Gasteiger partial charge in [0.15, 0.2) is 5.82 Å². The van der Waals surface area contributed by atoms with E-state index in [1.165, 1.54) is 12.3 Å². The van der Waals surface area contributed by atoms with Crippen LogP contribution in [0.3, 0.4) is 0 Å². The Labute approximate surface area is 111 Å². The first-order valence-corrected chi connectivity index (χ1v) is 6.37.